The topological polar surface area (TPSA) is 52.6 Å². The predicted octanol–water partition coefficient (Wildman–Crippen LogP) is 3.11. The van der Waals surface area contributed by atoms with E-state index < -0.39 is 11.5 Å². The molecule has 0 bridgehead atoms. The van der Waals surface area contributed by atoms with Crippen molar-refractivity contribution in [3.63, 3.8) is 0 Å². The maximum atomic E-state index is 13.0. The first-order chi connectivity index (χ1) is 12.6. The summed E-state index contributed by atoms with van der Waals surface area (Å²) in [7, 11) is 0. The lowest BCUT2D eigenvalue weighted by Crippen LogP contribution is -2.46. The molecule has 0 aromatic heterocycles. The average Bonchev–Trinajstić information content (AvgIpc) is 2.73. The van der Waals surface area contributed by atoms with Gasteiger partial charge in [0.15, 0.2) is 5.60 Å². The largest absolute Gasteiger partial charge is 0.372 e. The predicted molar refractivity (Wildman–Crippen MR) is 111 cm³/mol. The van der Waals surface area contributed by atoms with Crippen molar-refractivity contribution in [2.24, 2.45) is 0 Å². The van der Waals surface area contributed by atoms with E-state index in [0.717, 1.165) is 26.1 Å². The fourth-order valence-corrected chi connectivity index (χ4v) is 3.31. The van der Waals surface area contributed by atoms with Crippen molar-refractivity contribution in [1.82, 2.24) is 10.2 Å². The van der Waals surface area contributed by atoms with Gasteiger partial charge < -0.3 is 10.4 Å². The molecule has 27 heavy (non-hydrogen) atoms. The van der Waals surface area contributed by atoms with Gasteiger partial charge in [0.05, 0.1) is 0 Å². The van der Waals surface area contributed by atoms with Crippen molar-refractivity contribution in [2.75, 3.05) is 26.2 Å². The zero-order valence-electron chi connectivity index (χ0n) is 15.6. The van der Waals surface area contributed by atoms with Crippen molar-refractivity contribution < 1.29 is 9.90 Å². The number of carbonyl (C=O) groups excluding carboxylic acids is 1. The number of amides is 1. The number of rotatable bonds is 6. The van der Waals surface area contributed by atoms with Gasteiger partial charge in [0.2, 0.25) is 0 Å². The van der Waals surface area contributed by atoms with E-state index in [9.17, 15) is 9.90 Å². The summed E-state index contributed by atoms with van der Waals surface area (Å²) in [6.45, 7) is 5.60. The van der Waals surface area contributed by atoms with E-state index in [1.165, 1.54) is 5.57 Å². The normalized spacial score (nSPS) is 14.8. The Bertz CT molecular complexity index is 723. The van der Waals surface area contributed by atoms with Crippen molar-refractivity contribution in [2.45, 2.75) is 18.9 Å². The van der Waals surface area contributed by atoms with Gasteiger partial charge in [-0.15, -0.1) is 12.4 Å². The highest BCUT2D eigenvalue weighted by Crippen LogP contribution is 2.30. The molecule has 0 fully saturated rings. The molecule has 5 heteroatoms. The molecule has 2 aromatic carbocycles. The second-order valence-electron chi connectivity index (χ2n) is 6.63. The Morgan fingerprint density at radius 2 is 1.63 bits per heavy atom. The Morgan fingerprint density at radius 1 is 1.07 bits per heavy atom. The van der Waals surface area contributed by atoms with Crippen LogP contribution in [0, 0.1) is 0 Å². The second kappa shape index (κ2) is 9.70. The second-order valence-corrected chi connectivity index (χ2v) is 6.63. The lowest BCUT2D eigenvalue weighted by Gasteiger charge is -2.29. The monoisotopic (exact) mass is 386 g/mol. The van der Waals surface area contributed by atoms with Crippen LogP contribution in [0.4, 0.5) is 0 Å². The molecule has 4 nitrogen and oxygen atoms in total. The van der Waals surface area contributed by atoms with Crippen LogP contribution in [0.15, 0.2) is 72.3 Å². The Morgan fingerprint density at radius 3 is 2.07 bits per heavy atom. The molecule has 2 N–H and O–H groups in total. The van der Waals surface area contributed by atoms with Crippen LogP contribution in [0.25, 0.3) is 0 Å². The summed E-state index contributed by atoms with van der Waals surface area (Å²) in [5.41, 5.74) is 0.649. The van der Waals surface area contributed by atoms with Crippen LogP contribution in [0.1, 0.15) is 24.5 Å². The Balaban J connectivity index is 0.00000261. The van der Waals surface area contributed by atoms with Crippen LogP contribution < -0.4 is 5.32 Å². The highest BCUT2D eigenvalue weighted by molar-refractivity contribution is 5.90. The molecule has 0 saturated carbocycles. The maximum absolute atomic E-state index is 13.0. The molecule has 0 radical (unpaired) electrons. The molecule has 0 aliphatic carbocycles. The molecular formula is C22H27ClN2O2. The number of hydrogen-bond acceptors (Lipinski definition) is 3. The summed E-state index contributed by atoms with van der Waals surface area (Å²) >= 11 is 0. The fourth-order valence-electron chi connectivity index (χ4n) is 3.31. The van der Waals surface area contributed by atoms with Gasteiger partial charge in [-0.05, 0) is 24.1 Å². The molecule has 1 amide bonds. The third-order valence-electron chi connectivity index (χ3n) is 5.02. The first-order valence-corrected chi connectivity index (χ1v) is 9.16. The van der Waals surface area contributed by atoms with Gasteiger partial charge in [-0.1, -0.05) is 79.2 Å². The number of nitrogens with one attached hydrogen (secondary N) is 1. The zero-order chi connectivity index (χ0) is 18.4. The van der Waals surface area contributed by atoms with Gasteiger partial charge in [0, 0.05) is 19.6 Å². The zero-order valence-corrected chi connectivity index (χ0v) is 16.4. The van der Waals surface area contributed by atoms with Gasteiger partial charge in [-0.25, -0.2) is 0 Å². The number of likely N-dealkylation sites (N-methyl/N-ethyl adjacent to an activating group) is 1. The number of halogens is 1. The standard InChI is InChI=1S/C22H26N2O2.ClH/c1-2-24-15-13-18(14-16-24)17-23-21(25)22(26,19-9-5-3-6-10-19)20-11-7-4-8-12-20;/h3-13,26H,2,14-17H2,1H3,(H,23,25);1H. The van der Waals surface area contributed by atoms with E-state index in [0.29, 0.717) is 17.7 Å². The Labute approximate surface area is 167 Å². The molecule has 0 atom stereocenters. The summed E-state index contributed by atoms with van der Waals surface area (Å²) in [4.78, 5) is 15.4. The average molecular weight is 387 g/mol. The van der Waals surface area contributed by atoms with E-state index >= 15 is 0 Å². The molecule has 144 valence electrons. The minimum absolute atomic E-state index is 0. The molecule has 0 saturated heterocycles. The Kier molecular flexibility index (Phi) is 7.60. The van der Waals surface area contributed by atoms with Crippen molar-refractivity contribution in [3.8, 4) is 0 Å². The molecule has 3 rings (SSSR count). The molecule has 1 aliphatic heterocycles. The third-order valence-corrected chi connectivity index (χ3v) is 5.02. The third kappa shape index (κ3) is 4.78. The summed E-state index contributed by atoms with van der Waals surface area (Å²) in [5.74, 6) is -0.395. The van der Waals surface area contributed by atoms with E-state index in [2.05, 4.69) is 23.2 Å². The molecule has 0 unspecified atom stereocenters. The highest BCUT2D eigenvalue weighted by Gasteiger charge is 2.39. The van der Waals surface area contributed by atoms with Crippen molar-refractivity contribution in [1.29, 1.82) is 0 Å². The maximum Gasteiger partial charge on any atom is 0.261 e. The molecule has 0 spiro atoms. The Hall–Kier alpha value is -2.14. The van der Waals surface area contributed by atoms with Gasteiger partial charge in [0.1, 0.15) is 0 Å². The summed E-state index contributed by atoms with van der Waals surface area (Å²) in [5, 5.41) is 14.3. The quantitative estimate of drug-likeness (QED) is 0.750. The van der Waals surface area contributed by atoms with E-state index in [-0.39, 0.29) is 12.4 Å². The summed E-state index contributed by atoms with van der Waals surface area (Å²) < 4.78 is 0. The van der Waals surface area contributed by atoms with Crippen LogP contribution in [0.5, 0.6) is 0 Å². The van der Waals surface area contributed by atoms with Crippen LogP contribution in [0.3, 0.4) is 0 Å². The van der Waals surface area contributed by atoms with Gasteiger partial charge in [-0.2, -0.15) is 0 Å². The van der Waals surface area contributed by atoms with E-state index in [1.54, 1.807) is 24.3 Å². The lowest BCUT2D eigenvalue weighted by atomic mass is 9.85. The lowest BCUT2D eigenvalue weighted by molar-refractivity contribution is -0.136. The number of nitrogens with zero attached hydrogens (tertiary/aromatic N) is 1. The minimum atomic E-state index is -1.70. The highest BCUT2D eigenvalue weighted by atomic mass is 35.5. The number of hydrogen-bond donors (Lipinski definition) is 2. The van der Waals surface area contributed by atoms with Crippen molar-refractivity contribution in [3.05, 3.63) is 83.4 Å². The van der Waals surface area contributed by atoms with E-state index in [4.69, 9.17) is 0 Å². The first-order valence-electron chi connectivity index (χ1n) is 9.16. The summed E-state index contributed by atoms with van der Waals surface area (Å²) in [6, 6.07) is 18.2. The summed E-state index contributed by atoms with van der Waals surface area (Å²) in [6.07, 6.45) is 3.13. The van der Waals surface area contributed by atoms with Crippen LogP contribution in [-0.2, 0) is 10.4 Å². The number of aliphatic hydroxyl groups is 1. The van der Waals surface area contributed by atoms with Gasteiger partial charge in [-0.3, -0.25) is 9.69 Å². The minimum Gasteiger partial charge on any atom is -0.372 e. The smallest absolute Gasteiger partial charge is 0.261 e. The molecule has 2 aromatic rings. The number of benzene rings is 2. The SMILES string of the molecule is CCN1CC=C(CNC(=O)C(O)(c2ccccc2)c2ccccc2)CC1.Cl. The van der Waals surface area contributed by atoms with Gasteiger partial charge in [0.25, 0.3) is 5.91 Å². The molecule has 1 heterocycles. The van der Waals surface area contributed by atoms with Crippen LogP contribution >= 0.6 is 12.4 Å². The van der Waals surface area contributed by atoms with Crippen molar-refractivity contribution >= 4 is 18.3 Å². The van der Waals surface area contributed by atoms with Crippen LogP contribution in [0.2, 0.25) is 0 Å². The fraction of sp³-hybridized carbons (Fsp3) is 0.318. The number of carbonyl (C=O) groups is 1. The molecule has 1 aliphatic rings. The van der Waals surface area contributed by atoms with Gasteiger partial charge >= 0.3 is 0 Å². The first kappa shape index (κ1) is 21.2. The molecular weight excluding hydrogens is 360 g/mol. The van der Waals surface area contributed by atoms with E-state index in [1.807, 2.05) is 36.4 Å². The van der Waals surface area contributed by atoms with Crippen LogP contribution in [-0.4, -0.2) is 42.1 Å².